The van der Waals surface area contributed by atoms with Crippen LogP contribution in [0.15, 0.2) is 0 Å². The van der Waals surface area contributed by atoms with Crippen molar-refractivity contribution in [3.05, 3.63) is 0 Å². The van der Waals surface area contributed by atoms with Crippen LogP contribution in [-0.4, -0.2) is 23.5 Å². The summed E-state index contributed by atoms with van der Waals surface area (Å²) in [5.74, 6) is 1.87. The molecule has 1 aliphatic rings. The number of nitrogens with zero attached hydrogens (tertiary/aromatic N) is 1. The second kappa shape index (κ2) is 5.89. The van der Waals surface area contributed by atoms with E-state index in [1.54, 1.807) is 0 Å². The molecule has 0 N–H and O–H groups in total. The molecule has 1 saturated carbocycles. The summed E-state index contributed by atoms with van der Waals surface area (Å²) in [6.45, 7) is 13.1. The third kappa shape index (κ3) is 4.14. The molecule has 1 fully saturated rings. The predicted octanol–water partition coefficient (Wildman–Crippen LogP) is 3.93. The second-order valence-corrected chi connectivity index (χ2v) is 5.77. The van der Waals surface area contributed by atoms with Crippen molar-refractivity contribution >= 4 is 0 Å². The van der Waals surface area contributed by atoms with Gasteiger partial charge in [-0.25, -0.2) is 0 Å². The maximum absolute atomic E-state index is 2.72. The van der Waals surface area contributed by atoms with Crippen molar-refractivity contribution in [2.45, 2.75) is 72.4 Å². The molecule has 15 heavy (non-hydrogen) atoms. The lowest BCUT2D eigenvalue weighted by atomic mass is 10.0. The van der Waals surface area contributed by atoms with Crippen LogP contribution in [0, 0.1) is 11.8 Å². The van der Waals surface area contributed by atoms with Crippen molar-refractivity contribution in [3.63, 3.8) is 0 Å². The van der Waals surface area contributed by atoms with E-state index in [0.717, 1.165) is 23.9 Å². The van der Waals surface area contributed by atoms with E-state index in [-0.39, 0.29) is 0 Å². The molecule has 0 amide bonds. The molecule has 3 atom stereocenters. The van der Waals surface area contributed by atoms with Crippen LogP contribution in [0.4, 0.5) is 0 Å². The summed E-state index contributed by atoms with van der Waals surface area (Å²) in [6, 6.07) is 1.64. The largest absolute Gasteiger partial charge is 0.298 e. The molecule has 0 radical (unpaired) electrons. The van der Waals surface area contributed by atoms with Crippen LogP contribution in [0.5, 0.6) is 0 Å². The lowest BCUT2D eigenvalue weighted by molar-refractivity contribution is 0.195. The van der Waals surface area contributed by atoms with E-state index in [1.807, 2.05) is 0 Å². The molecule has 1 aliphatic carbocycles. The van der Waals surface area contributed by atoms with E-state index < -0.39 is 0 Å². The van der Waals surface area contributed by atoms with Crippen LogP contribution in [0.2, 0.25) is 0 Å². The number of rotatable bonds is 7. The van der Waals surface area contributed by atoms with Gasteiger partial charge in [0.25, 0.3) is 0 Å². The average Bonchev–Trinajstić information content (AvgIpc) is 2.88. The van der Waals surface area contributed by atoms with Gasteiger partial charge in [0.15, 0.2) is 0 Å². The number of hydrogen-bond donors (Lipinski definition) is 0. The van der Waals surface area contributed by atoms with Crippen LogP contribution in [0.3, 0.4) is 0 Å². The van der Waals surface area contributed by atoms with E-state index in [2.05, 4.69) is 39.5 Å². The van der Waals surface area contributed by atoms with E-state index in [9.17, 15) is 0 Å². The zero-order chi connectivity index (χ0) is 11.4. The standard InChI is InChI=1S/C14H29N/c1-6-12(4)8-7-9-15(11(2)3)14-10-13(14)5/h11-14H,6-10H2,1-5H3. The Kier molecular flexibility index (Phi) is 5.11. The molecule has 0 aromatic carbocycles. The van der Waals surface area contributed by atoms with Crippen molar-refractivity contribution in [1.29, 1.82) is 0 Å². The molecule has 1 nitrogen and oxygen atoms in total. The van der Waals surface area contributed by atoms with Gasteiger partial charge < -0.3 is 0 Å². The van der Waals surface area contributed by atoms with Crippen molar-refractivity contribution in [1.82, 2.24) is 4.90 Å². The lowest BCUT2D eigenvalue weighted by Crippen LogP contribution is -2.34. The molecule has 1 rings (SSSR count). The highest BCUT2D eigenvalue weighted by Gasteiger charge is 2.38. The first-order valence-electron chi connectivity index (χ1n) is 6.82. The molecular weight excluding hydrogens is 182 g/mol. The summed E-state index contributed by atoms with van der Waals surface area (Å²) in [4.78, 5) is 2.72. The Hall–Kier alpha value is -0.0400. The SMILES string of the molecule is CCC(C)CCCN(C(C)C)C1CC1C. The van der Waals surface area contributed by atoms with Crippen LogP contribution >= 0.6 is 0 Å². The maximum atomic E-state index is 2.72. The molecule has 3 unspecified atom stereocenters. The summed E-state index contributed by atoms with van der Waals surface area (Å²) < 4.78 is 0. The quantitative estimate of drug-likeness (QED) is 0.616. The first kappa shape index (κ1) is 13.0. The van der Waals surface area contributed by atoms with E-state index in [1.165, 1.54) is 32.2 Å². The van der Waals surface area contributed by atoms with Crippen molar-refractivity contribution in [2.24, 2.45) is 11.8 Å². The summed E-state index contributed by atoms with van der Waals surface area (Å²) in [5, 5.41) is 0. The van der Waals surface area contributed by atoms with Crippen molar-refractivity contribution < 1.29 is 0 Å². The van der Waals surface area contributed by atoms with Crippen LogP contribution in [-0.2, 0) is 0 Å². The van der Waals surface area contributed by atoms with Crippen LogP contribution in [0.1, 0.15) is 60.3 Å². The second-order valence-electron chi connectivity index (χ2n) is 5.77. The Labute approximate surface area is 96.2 Å². The van der Waals surface area contributed by atoms with Crippen molar-refractivity contribution in [3.8, 4) is 0 Å². The van der Waals surface area contributed by atoms with Gasteiger partial charge in [-0.15, -0.1) is 0 Å². The molecule has 0 aromatic heterocycles. The van der Waals surface area contributed by atoms with Crippen LogP contribution < -0.4 is 0 Å². The molecule has 0 heterocycles. The molecule has 0 spiro atoms. The minimum Gasteiger partial charge on any atom is -0.298 e. The first-order valence-corrected chi connectivity index (χ1v) is 6.82. The van der Waals surface area contributed by atoms with Gasteiger partial charge >= 0.3 is 0 Å². The summed E-state index contributed by atoms with van der Waals surface area (Å²) in [7, 11) is 0. The maximum Gasteiger partial charge on any atom is 0.0127 e. The molecule has 0 bridgehead atoms. The van der Waals surface area contributed by atoms with Gasteiger partial charge in [-0.05, 0) is 51.5 Å². The lowest BCUT2D eigenvalue weighted by Gasteiger charge is -2.27. The van der Waals surface area contributed by atoms with Gasteiger partial charge in [-0.3, -0.25) is 4.90 Å². The zero-order valence-electron chi connectivity index (χ0n) is 11.3. The van der Waals surface area contributed by atoms with Crippen LogP contribution in [0.25, 0.3) is 0 Å². The minimum atomic E-state index is 0.733. The molecule has 0 aromatic rings. The van der Waals surface area contributed by atoms with E-state index >= 15 is 0 Å². The Morgan fingerprint density at radius 2 is 1.87 bits per heavy atom. The smallest absolute Gasteiger partial charge is 0.0127 e. The summed E-state index contributed by atoms with van der Waals surface area (Å²) >= 11 is 0. The molecular formula is C14H29N. The highest BCUT2D eigenvalue weighted by atomic mass is 15.2. The normalized spacial score (nSPS) is 27.4. The average molecular weight is 211 g/mol. The topological polar surface area (TPSA) is 3.24 Å². The Morgan fingerprint density at radius 1 is 1.27 bits per heavy atom. The fraction of sp³-hybridized carbons (Fsp3) is 1.00. The molecule has 90 valence electrons. The Balaban J connectivity index is 2.21. The van der Waals surface area contributed by atoms with Gasteiger partial charge in [0, 0.05) is 12.1 Å². The van der Waals surface area contributed by atoms with Gasteiger partial charge in [0.2, 0.25) is 0 Å². The zero-order valence-corrected chi connectivity index (χ0v) is 11.3. The molecule has 0 saturated heterocycles. The summed E-state index contributed by atoms with van der Waals surface area (Å²) in [6.07, 6.45) is 5.56. The Morgan fingerprint density at radius 3 is 2.27 bits per heavy atom. The monoisotopic (exact) mass is 211 g/mol. The van der Waals surface area contributed by atoms with Crippen molar-refractivity contribution in [2.75, 3.05) is 6.54 Å². The van der Waals surface area contributed by atoms with Gasteiger partial charge in [-0.1, -0.05) is 27.2 Å². The molecule has 0 aliphatic heterocycles. The first-order chi connectivity index (χ1) is 7.06. The van der Waals surface area contributed by atoms with Gasteiger partial charge in [0.1, 0.15) is 0 Å². The highest BCUT2D eigenvalue weighted by molar-refractivity contribution is 4.93. The molecule has 1 heteroatoms. The van der Waals surface area contributed by atoms with Gasteiger partial charge in [0.05, 0.1) is 0 Å². The third-order valence-corrected chi connectivity index (χ3v) is 3.97. The fourth-order valence-corrected chi connectivity index (χ4v) is 2.40. The fourth-order valence-electron chi connectivity index (χ4n) is 2.40. The van der Waals surface area contributed by atoms with E-state index in [0.29, 0.717) is 0 Å². The van der Waals surface area contributed by atoms with E-state index in [4.69, 9.17) is 0 Å². The Bertz CT molecular complexity index is 176. The van der Waals surface area contributed by atoms with Gasteiger partial charge in [-0.2, -0.15) is 0 Å². The minimum absolute atomic E-state index is 0.733. The predicted molar refractivity (Wildman–Crippen MR) is 68.1 cm³/mol. The number of hydrogen-bond acceptors (Lipinski definition) is 1. The summed E-state index contributed by atoms with van der Waals surface area (Å²) in [5.41, 5.74) is 0. The highest BCUT2D eigenvalue weighted by Crippen LogP contribution is 2.36. The third-order valence-electron chi connectivity index (χ3n) is 3.97.